The van der Waals surface area contributed by atoms with Crippen LogP contribution in [-0.4, -0.2) is 126 Å². The molecule has 3 aliphatic rings. The number of rotatable bonds is 6. The molecule has 3 atom stereocenters. The number of aliphatic hydroxyl groups is 1. The van der Waals surface area contributed by atoms with Crippen molar-refractivity contribution in [2.24, 2.45) is 0 Å². The number of hydrogen-bond donors (Lipinski definition) is 4. The van der Waals surface area contributed by atoms with Crippen molar-refractivity contribution in [2.75, 3.05) is 26.7 Å². The first-order valence-corrected chi connectivity index (χ1v) is 46.7. The van der Waals surface area contributed by atoms with Crippen LogP contribution in [0.4, 0.5) is 14.4 Å². The Morgan fingerprint density at radius 1 is 0.513 bits per heavy atom. The molecule has 3 aromatic heterocycles. The first kappa shape index (κ1) is 105. The van der Waals surface area contributed by atoms with Gasteiger partial charge in [-0.05, 0) is 200 Å². The van der Waals surface area contributed by atoms with Gasteiger partial charge in [0.2, 0.25) is 0 Å². The van der Waals surface area contributed by atoms with Crippen molar-refractivity contribution in [3.63, 3.8) is 0 Å². The van der Waals surface area contributed by atoms with Gasteiger partial charge in [-0.1, -0.05) is 153 Å². The van der Waals surface area contributed by atoms with Gasteiger partial charge in [0.15, 0.2) is 0 Å². The van der Waals surface area contributed by atoms with Crippen molar-refractivity contribution in [1.82, 2.24) is 44.6 Å². The molecule has 15 rings (SSSR count). The van der Waals surface area contributed by atoms with Crippen LogP contribution in [0.25, 0.3) is 55.4 Å². The fourth-order valence-electron chi connectivity index (χ4n) is 11.9. The second-order valence-corrected chi connectivity index (χ2v) is 38.8. The standard InChI is InChI=1S/C21H29N3O2Si.C18H21N3O2.C16H20IN3O2.2C12H10.2C6H5.CH2O3.CH4O.2ClH.2K.Pd.H/c1-21(2,3)26-20(25)24-12-7-8-18(24)19-22-16-10-9-15(14-17(16)23-19)11-13-27(4,5)6;1-5-12-8-9-13-14(11-12)20-16(19-13)15-7-6-10-21(15)17(22)23-18(2,3)4;1-16(2,3)22-15(21)20-8-4-5-13(20)14-18-11-7-6-10(17)9-12(11)19-14;2*1-3-7-11(8-4-1)12-9-5-2-6-10-12;2*1-2-4-6-5-3-1;2-1-4-3;1-2;;;;;;/h9-10,14,18H,7-8,12H2,1-6H3,(H,22,23);1,8-9,11,15H,6-7,10H2,2-4H3,(H,19,20);6-7,9,13H,4-5,8H2,1-3H3,(H,18,19);2*1-10H;2*1-5H;1,3H;2H,1H3;2*1H;;;;/q;;;;;2*-1;;;;;2*+1;+2;-1/p-3/t18-;15-;13-;;;;;;;;;;;;/m000............/s1. The van der Waals surface area contributed by atoms with Gasteiger partial charge in [0.1, 0.15) is 42.4 Å². The summed E-state index contributed by atoms with van der Waals surface area (Å²) < 4.78 is 17.7. The Balaban J connectivity index is 0.000000370. The van der Waals surface area contributed by atoms with E-state index in [1.165, 1.54) is 22.3 Å². The molecule has 3 saturated heterocycles. The van der Waals surface area contributed by atoms with Crippen LogP contribution in [0.3, 0.4) is 0 Å². The number of carbonyl (C=O) groups is 4. The van der Waals surface area contributed by atoms with Gasteiger partial charge in [-0.25, -0.2) is 29.3 Å². The zero-order chi connectivity index (χ0) is 85.4. The second-order valence-electron chi connectivity index (χ2n) is 30.5. The minimum Gasteiger partial charge on any atom is -1.00 e. The number of nitrogens with one attached hydrogen (secondary N) is 3. The maximum absolute atomic E-state index is 12.5. The minimum atomic E-state index is -1.41. The van der Waals surface area contributed by atoms with Crippen LogP contribution in [0.1, 0.15) is 149 Å². The molecule has 26 heteroatoms. The number of fused-ring (bicyclic) bond motifs is 3. The van der Waals surface area contributed by atoms with Crippen molar-refractivity contribution >= 4 is 108 Å². The largest absolute Gasteiger partial charge is 1.00 e. The van der Waals surface area contributed by atoms with Gasteiger partial charge < -0.3 is 45.8 Å². The Morgan fingerprint density at radius 2 is 0.790 bits per heavy atom. The molecule has 0 saturated carbocycles. The van der Waals surface area contributed by atoms with Crippen molar-refractivity contribution < 1.29 is 169 Å². The van der Waals surface area contributed by atoms with E-state index in [2.05, 4.69) is 205 Å². The van der Waals surface area contributed by atoms with E-state index in [-0.39, 0.29) is 163 Å². The van der Waals surface area contributed by atoms with Crippen molar-refractivity contribution in [3.8, 4) is 46.1 Å². The third-order valence-corrected chi connectivity index (χ3v) is 18.4. The van der Waals surface area contributed by atoms with Crippen molar-refractivity contribution in [1.29, 1.82) is 0 Å². The Hall–Kier alpha value is -6.83. The summed E-state index contributed by atoms with van der Waals surface area (Å²) in [6.07, 6.45) is 10.2. The number of H-pyrrole nitrogens is 3. The number of halogens is 3. The van der Waals surface area contributed by atoms with E-state index in [9.17, 15) is 14.4 Å². The number of ether oxygens (including phenoxy) is 3. The number of benzene rings is 9. The number of terminal acetylenes is 1. The Morgan fingerprint density at radius 3 is 1.05 bits per heavy atom. The van der Waals surface area contributed by atoms with Crippen LogP contribution in [0.15, 0.2) is 237 Å². The minimum absolute atomic E-state index is 0. The summed E-state index contributed by atoms with van der Waals surface area (Å²) in [5, 5.41) is 15.4. The number of hydrogen-bond acceptors (Lipinski definition) is 13. The van der Waals surface area contributed by atoms with Crippen LogP contribution < -0.4 is 108 Å². The molecule has 12 aromatic rings. The smallest absolute Gasteiger partial charge is 1.00 e. The second kappa shape index (κ2) is 54.6. The molecule has 0 aliphatic carbocycles. The molecular formula is C93H106Cl2IK2N9O10PdSi-2. The van der Waals surface area contributed by atoms with Gasteiger partial charge >= 0.3 is 156 Å². The summed E-state index contributed by atoms with van der Waals surface area (Å²) in [6.45, 7) is 25.6. The van der Waals surface area contributed by atoms with Crippen LogP contribution in [0, 0.1) is 39.5 Å². The fraction of sp³-hybridized carbons (Fsp3) is 0.301. The van der Waals surface area contributed by atoms with Gasteiger partial charge in [-0.3, -0.25) is 19.5 Å². The molecule has 0 unspecified atom stereocenters. The number of likely N-dealkylation sites (tertiary alicyclic amines) is 3. The summed E-state index contributed by atoms with van der Waals surface area (Å²) in [5.41, 5.74) is 14.4. The van der Waals surface area contributed by atoms with E-state index in [0.717, 1.165) is 111 Å². The Bertz CT molecular complexity index is 4820. The van der Waals surface area contributed by atoms with E-state index in [4.69, 9.17) is 59.8 Å². The molecule has 19 nitrogen and oxygen atoms in total. The van der Waals surface area contributed by atoms with Crippen molar-refractivity contribution in [3.05, 3.63) is 281 Å². The molecule has 3 aliphatic heterocycles. The maximum Gasteiger partial charge on any atom is 1.00 e. The van der Waals surface area contributed by atoms with E-state index < -0.39 is 24.9 Å². The Labute approximate surface area is 819 Å². The molecule has 3 fully saturated rings. The number of aliphatic hydroxyl groups excluding tert-OH is 1. The SMILES string of the molecule is C#Cc1ccc2nc([C@@H]3CCCN3C(=O)OC(C)(C)C)[nH]c2c1.CC(C)(C)OC(=O)N1CCC[C@H]1c1nc2ccc(C#C[Si](C)(C)C)cc2[nH]1.CC(C)(C)OC(=O)N1CCC[C@H]1c1nc2ccc(I)cc2[nH]1.CO.O=CO[O-].[Cl][Pd][Cl].[H-].[K+].[K+].[c-]1ccccc1.[c-]1ccccc1.c1ccc(-c2ccccc2)cc1.c1ccc(-c2ccccc2)cc1. The average Bonchev–Trinajstić information content (AvgIpc) is 1.66. The number of imidazole rings is 3. The Kier molecular flexibility index (Phi) is 48.0. The van der Waals surface area contributed by atoms with Crippen LogP contribution in [-0.2, 0) is 39.8 Å². The summed E-state index contributed by atoms with van der Waals surface area (Å²) >= 11 is 2.18. The van der Waals surface area contributed by atoms with E-state index in [0.29, 0.717) is 19.6 Å². The van der Waals surface area contributed by atoms with Crippen molar-refractivity contribution in [2.45, 2.75) is 155 Å². The molecule has 622 valence electrons. The van der Waals surface area contributed by atoms with E-state index in [1.54, 1.807) is 14.7 Å². The third-order valence-electron chi connectivity index (χ3n) is 16.8. The predicted molar refractivity (Wildman–Crippen MR) is 476 cm³/mol. The topological polar surface area (TPSA) is 244 Å². The van der Waals surface area contributed by atoms with Gasteiger partial charge in [-0.2, -0.15) is 72.8 Å². The number of carbonyl (C=O) groups excluding carboxylic acids is 4. The van der Waals surface area contributed by atoms with Gasteiger partial charge in [-0.15, -0.1) is 12.0 Å². The molecule has 9 aromatic carbocycles. The first-order chi connectivity index (χ1) is 56.0. The first-order valence-electron chi connectivity index (χ1n) is 38.1. The fourth-order valence-corrected chi connectivity index (χ4v) is 12.9. The summed E-state index contributed by atoms with van der Waals surface area (Å²) in [4.78, 5) is 78.0. The average molecular weight is 1920 g/mol. The van der Waals surface area contributed by atoms with Crippen LogP contribution in [0.5, 0.6) is 0 Å². The molecule has 0 spiro atoms. The van der Waals surface area contributed by atoms with Crippen LogP contribution in [0.2, 0.25) is 19.6 Å². The maximum atomic E-state index is 12.5. The summed E-state index contributed by atoms with van der Waals surface area (Å²) in [5.74, 6) is 8.37. The van der Waals surface area contributed by atoms with Crippen LogP contribution >= 0.6 is 41.6 Å². The number of aromatic amines is 3. The van der Waals surface area contributed by atoms with E-state index in [1.807, 2.05) is 196 Å². The van der Waals surface area contributed by atoms with Gasteiger partial charge in [0.05, 0.1) is 51.2 Å². The quantitative estimate of drug-likeness (QED) is 0.0177. The molecular weight excluding hydrogens is 1810 g/mol. The number of nitrogens with zero attached hydrogens (tertiary/aromatic N) is 6. The van der Waals surface area contributed by atoms with E-state index >= 15 is 0 Å². The molecule has 0 radical (unpaired) electrons. The normalized spacial score (nSPS) is 14.2. The molecule has 0 bridgehead atoms. The zero-order valence-electron chi connectivity index (χ0n) is 71.5. The summed E-state index contributed by atoms with van der Waals surface area (Å²) in [6, 6.07) is 84.2. The molecule has 4 N–H and O–H groups in total. The number of amides is 3. The monoisotopic (exact) mass is 1920 g/mol. The summed E-state index contributed by atoms with van der Waals surface area (Å²) in [7, 11) is 9.22. The number of aromatic nitrogens is 6. The molecule has 119 heavy (non-hydrogen) atoms. The third kappa shape index (κ3) is 38.2. The predicted octanol–water partition coefficient (Wildman–Crippen LogP) is 15.9. The molecule has 3 amide bonds. The van der Waals surface area contributed by atoms with Gasteiger partial charge in [0, 0.05) is 41.4 Å². The van der Waals surface area contributed by atoms with Gasteiger partial charge in [0.25, 0.3) is 6.47 Å². The molecule has 6 heterocycles. The zero-order valence-corrected chi connectivity index (χ0v) is 83.0.